The first kappa shape index (κ1) is 11.7. The van der Waals surface area contributed by atoms with Crippen molar-refractivity contribution in [1.29, 1.82) is 0 Å². The summed E-state index contributed by atoms with van der Waals surface area (Å²) in [5.41, 5.74) is 0. The number of halogens is 1. The lowest BCUT2D eigenvalue weighted by molar-refractivity contribution is 0.391. The first-order valence-corrected chi connectivity index (χ1v) is 7.93. The summed E-state index contributed by atoms with van der Waals surface area (Å²) in [5, 5.41) is 9.66. The lowest BCUT2D eigenvalue weighted by Gasteiger charge is -2.21. The highest BCUT2D eigenvalue weighted by molar-refractivity contribution is 9.08. The van der Waals surface area contributed by atoms with Crippen LogP contribution in [0.25, 0.3) is 0 Å². The van der Waals surface area contributed by atoms with Crippen molar-refractivity contribution in [1.82, 2.24) is 14.8 Å². The standard InChI is InChI=1S/C13H20BrN3/c1-2-5-17-12(8-14)15-16-13(17)11-7-9-3-4-10(11)6-9/h9-11H,2-8H2,1H3. The molecule has 0 saturated heterocycles. The SMILES string of the molecule is CCCn1c(CBr)nnc1C1CC2CCC1C2. The van der Waals surface area contributed by atoms with Crippen LogP contribution >= 0.6 is 15.9 Å². The smallest absolute Gasteiger partial charge is 0.143 e. The maximum atomic E-state index is 4.49. The van der Waals surface area contributed by atoms with Crippen molar-refractivity contribution >= 4 is 15.9 Å². The average Bonchev–Trinajstić information content (AvgIpc) is 3.02. The second kappa shape index (κ2) is 4.71. The second-order valence-corrected chi connectivity index (χ2v) is 6.10. The first-order chi connectivity index (χ1) is 8.33. The molecular weight excluding hydrogens is 278 g/mol. The summed E-state index contributed by atoms with van der Waals surface area (Å²) in [6.45, 7) is 3.29. The van der Waals surface area contributed by atoms with E-state index in [4.69, 9.17) is 0 Å². The third kappa shape index (κ3) is 1.94. The van der Waals surface area contributed by atoms with E-state index in [1.54, 1.807) is 0 Å². The summed E-state index contributed by atoms with van der Waals surface area (Å²) in [5.74, 6) is 4.94. The number of hydrogen-bond acceptors (Lipinski definition) is 2. The monoisotopic (exact) mass is 297 g/mol. The molecule has 3 atom stereocenters. The van der Waals surface area contributed by atoms with Gasteiger partial charge in [0.05, 0.1) is 5.33 Å². The molecule has 0 aromatic carbocycles. The van der Waals surface area contributed by atoms with Crippen molar-refractivity contribution in [3.05, 3.63) is 11.6 Å². The third-order valence-electron chi connectivity index (χ3n) is 4.49. The molecule has 2 aliphatic carbocycles. The molecule has 2 fully saturated rings. The van der Waals surface area contributed by atoms with E-state index in [-0.39, 0.29) is 0 Å². The fourth-order valence-corrected chi connectivity index (χ4v) is 4.17. The highest BCUT2D eigenvalue weighted by atomic mass is 79.9. The molecule has 17 heavy (non-hydrogen) atoms. The fourth-order valence-electron chi connectivity index (χ4n) is 3.75. The van der Waals surface area contributed by atoms with Crippen LogP contribution in [-0.2, 0) is 11.9 Å². The summed E-state index contributed by atoms with van der Waals surface area (Å²) in [6.07, 6.45) is 6.82. The quantitative estimate of drug-likeness (QED) is 0.797. The number of alkyl halides is 1. The molecule has 1 heterocycles. The Morgan fingerprint density at radius 2 is 2.18 bits per heavy atom. The molecule has 0 spiro atoms. The normalized spacial score (nSPS) is 31.3. The van der Waals surface area contributed by atoms with Crippen LogP contribution in [0.15, 0.2) is 0 Å². The Kier molecular flexibility index (Phi) is 3.24. The molecule has 0 N–H and O–H groups in total. The van der Waals surface area contributed by atoms with Gasteiger partial charge in [0.25, 0.3) is 0 Å². The van der Waals surface area contributed by atoms with E-state index in [0.29, 0.717) is 5.92 Å². The summed E-state index contributed by atoms with van der Waals surface area (Å²) in [6, 6.07) is 0. The van der Waals surface area contributed by atoms with Crippen molar-refractivity contribution in [2.45, 2.75) is 56.8 Å². The van der Waals surface area contributed by atoms with E-state index in [9.17, 15) is 0 Å². The van der Waals surface area contributed by atoms with Crippen LogP contribution in [-0.4, -0.2) is 14.8 Å². The van der Waals surface area contributed by atoms with E-state index in [1.165, 1.54) is 31.5 Å². The van der Waals surface area contributed by atoms with E-state index in [2.05, 4.69) is 37.6 Å². The maximum Gasteiger partial charge on any atom is 0.143 e. The van der Waals surface area contributed by atoms with Crippen LogP contribution in [0.1, 0.15) is 56.6 Å². The molecule has 2 aliphatic rings. The Balaban J connectivity index is 1.89. The second-order valence-electron chi connectivity index (χ2n) is 5.54. The average molecular weight is 298 g/mol. The van der Waals surface area contributed by atoms with E-state index < -0.39 is 0 Å². The number of fused-ring (bicyclic) bond motifs is 2. The summed E-state index contributed by atoms with van der Waals surface area (Å²) in [4.78, 5) is 0. The zero-order valence-corrected chi connectivity index (χ0v) is 12.0. The zero-order chi connectivity index (χ0) is 11.8. The Morgan fingerprint density at radius 3 is 2.76 bits per heavy atom. The molecule has 3 unspecified atom stereocenters. The molecular formula is C13H20BrN3. The molecule has 1 aromatic heterocycles. The Morgan fingerprint density at radius 1 is 1.29 bits per heavy atom. The van der Waals surface area contributed by atoms with Gasteiger partial charge in [-0.1, -0.05) is 29.3 Å². The van der Waals surface area contributed by atoms with E-state index in [1.807, 2.05) is 0 Å². The van der Waals surface area contributed by atoms with Crippen molar-refractivity contribution in [3.8, 4) is 0 Å². The lowest BCUT2D eigenvalue weighted by Crippen LogP contribution is -2.16. The molecule has 0 amide bonds. The third-order valence-corrected chi connectivity index (χ3v) is 4.99. The number of hydrogen-bond donors (Lipinski definition) is 0. The first-order valence-electron chi connectivity index (χ1n) is 6.81. The topological polar surface area (TPSA) is 30.7 Å². The van der Waals surface area contributed by atoms with Crippen LogP contribution in [0.3, 0.4) is 0 Å². The molecule has 0 aliphatic heterocycles. The van der Waals surface area contributed by atoms with Gasteiger partial charge in [0.2, 0.25) is 0 Å². The lowest BCUT2D eigenvalue weighted by atomic mass is 9.88. The zero-order valence-electron chi connectivity index (χ0n) is 10.4. The van der Waals surface area contributed by atoms with Crippen molar-refractivity contribution in [2.24, 2.45) is 11.8 Å². The molecule has 2 bridgehead atoms. The van der Waals surface area contributed by atoms with Crippen molar-refractivity contribution in [2.75, 3.05) is 0 Å². The van der Waals surface area contributed by atoms with E-state index >= 15 is 0 Å². The largest absolute Gasteiger partial charge is 0.314 e. The summed E-state index contributed by atoms with van der Waals surface area (Å²) in [7, 11) is 0. The number of aromatic nitrogens is 3. The Labute approximate surface area is 111 Å². The van der Waals surface area contributed by atoms with Crippen LogP contribution in [0, 0.1) is 11.8 Å². The van der Waals surface area contributed by atoms with Gasteiger partial charge in [0, 0.05) is 12.5 Å². The fraction of sp³-hybridized carbons (Fsp3) is 0.846. The van der Waals surface area contributed by atoms with Gasteiger partial charge in [-0.2, -0.15) is 0 Å². The molecule has 3 rings (SSSR count). The van der Waals surface area contributed by atoms with Crippen molar-refractivity contribution < 1.29 is 0 Å². The van der Waals surface area contributed by atoms with Gasteiger partial charge in [0.1, 0.15) is 11.6 Å². The molecule has 3 nitrogen and oxygen atoms in total. The van der Waals surface area contributed by atoms with Gasteiger partial charge < -0.3 is 4.57 Å². The molecule has 2 saturated carbocycles. The predicted molar refractivity (Wildman–Crippen MR) is 71.1 cm³/mol. The summed E-state index contributed by atoms with van der Waals surface area (Å²) >= 11 is 3.52. The van der Waals surface area contributed by atoms with Crippen molar-refractivity contribution in [3.63, 3.8) is 0 Å². The van der Waals surface area contributed by atoms with Crippen LogP contribution < -0.4 is 0 Å². The van der Waals surface area contributed by atoms with Gasteiger partial charge >= 0.3 is 0 Å². The highest BCUT2D eigenvalue weighted by Gasteiger charge is 2.42. The highest BCUT2D eigenvalue weighted by Crippen LogP contribution is 2.52. The maximum absolute atomic E-state index is 4.49. The Bertz CT molecular complexity index is 401. The van der Waals surface area contributed by atoms with Crippen LogP contribution in [0.2, 0.25) is 0 Å². The van der Waals surface area contributed by atoms with Gasteiger partial charge in [-0.25, -0.2) is 0 Å². The molecule has 94 valence electrons. The summed E-state index contributed by atoms with van der Waals surface area (Å²) < 4.78 is 2.36. The van der Waals surface area contributed by atoms with Crippen LogP contribution in [0.4, 0.5) is 0 Å². The Hall–Kier alpha value is -0.380. The number of nitrogens with zero attached hydrogens (tertiary/aromatic N) is 3. The molecule has 1 aromatic rings. The molecule has 4 heteroatoms. The minimum absolute atomic E-state index is 0.695. The molecule has 0 radical (unpaired) electrons. The predicted octanol–water partition coefficient (Wildman–Crippen LogP) is 3.49. The van der Waals surface area contributed by atoms with Crippen LogP contribution in [0.5, 0.6) is 0 Å². The minimum atomic E-state index is 0.695. The van der Waals surface area contributed by atoms with E-state index in [0.717, 1.165) is 36.0 Å². The van der Waals surface area contributed by atoms with Gasteiger partial charge in [-0.3, -0.25) is 0 Å². The number of rotatable bonds is 4. The van der Waals surface area contributed by atoms with Gasteiger partial charge in [0.15, 0.2) is 0 Å². The minimum Gasteiger partial charge on any atom is -0.314 e. The van der Waals surface area contributed by atoms with Gasteiger partial charge in [-0.05, 0) is 37.5 Å². The van der Waals surface area contributed by atoms with Gasteiger partial charge in [-0.15, -0.1) is 10.2 Å².